The molecule has 1 nitrogen and oxygen atoms in total. The van der Waals surface area contributed by atoms with E-state index in [1.54, 1.807) is 0 Å². The van der Waals surface area contributed by atoms with E-state index in [1.807, 2.05) is 4.74 Å². The van der Waals surface area contributed by atoms with Gasteiger partial charge in [0.05, 0.1) is 0 Å². The van der Waals surface area contributed by atoms with Crippen LogP contribution in [0.15, 0.2) is 11.9 Å². The maximum Gasteiger partial charge on any atom is 0.431 e. The first-order valence-corrected chi connectivity index (χ1v) is 4.75. The van der Waals surface area contributed by atoms with Crippen molar-refractivity contribution in [1.82, 2.24) is 0 Å². The van der Waals surface area contributed by atoms with Crippen molar-refractivity contribution >= 4 is 22.6 Å². The van der Waals surface area contributed by atoms with Crippen molar-refractivity contribution in [2.24, 2.45) is 0 Å². The lowest BCUT2D eigenvalue weighted by Crippen LogP contribution is -2.55. The van der Waals surface area contributed by atoms with Crippen LogP contribution in [0.5, 0.6) is 0 Å². The Labute approximate surface area is 110 Å². The van der Waals surface area contributed by atoms with Crippen molar-refractivity contribution in [3.8, 4) is 0 Å². The first-order valence-electron chi connectivity index (χ1n) is 3.68. The number of halogens is 12. The highest BCUT2D eigenvalue weighted by molar-refractivity contribution is 14.1. The maximum atomic E-state index is 12.4. The van der Waals surface area contributed by atoms with Crippen LogP contribution in [0.25, 0.3) is 0 Å². The summed E-state index contributed by atoms with van der Waals surface area (Å²) in [4.78, 5) is 0. The molecule has 0 spiro atoms. The lowest BCUT2D eigenvalue weighted by Gasteiger charge is -2.30. The SMILES string of the molecule is FC(F)=C(F)C(F)(F)OC(F)(F)C(F)(F)C(F)(F)I. The van der Waals surface area contributed by atoms with Crippen LogP contribution in [0.1, 0.15) is 0 Å². The van der Waals surface area contributed by atoms with Crippen LogP contribution in [0.2, 0.25) is 0 Å². The van der Waals surface area contributed by atoms with Gasteiger partial charge in [-0.15, -0.1) is 0 Å². The summed E-state index contributed by atoms with van der Waals surface area (Å²) in [6.45, 7) is 0. The van der Waals surface area contributed by atoms with E-state index in [-0.39, 0.29) is 0 Å². The van der Waals surface area contributed by atoms with Crippen molar-refractivity contribution in [3.05, 3.63) is 11.9 Å². The van der Waals surface area contributed by atoms with Crippen LogP contribution < -0.4 is 0 Å². The standard InChI is InChI=1S/C6F11IO/c7-1(2(8)9)3(10,11)19-6(16,17)4(12,13)5(14,15)18. The average molecular weight is 424 g/mol. The number of hydrogen-bond acceptors (Lipinski definition) is 1. The Kier molecular flexibility index (Phi) is 5.12. The molecule has 0 aromatic rings. The molecule has 0 aliphatic rings. The molecule has 0 saturated heterocycles. The molecular weight excluding hydrogens is 424 g/mol. The molecule has 0 radical (unpaired) electrons. The quantitative estimate of drug-likeness (QED) is 0.346. The van der Waals surface area contributed by atoms with Crippen molar-refractivity contribution in [1.29, 1.82) is 0 Å². The first-order chi connectivity index (χ1) is 8.06. The van der Waals surface area contributed by atoms with E-state index < -0.39 is 56.6 Å². The van der Waals surface area contributed by atoms with Crippen LogP contribution in [0.3, 0.4) is 0 Å². The molecule has 114 valence electrons. The van der Waals surface area contributed by atoms with Gasteiger partial charge in [-0.1, -0.05) is 0 Å². The van der Waals surface area contributed by atoms with Gasteiger partial charge in [-0.3, -0.25) is 0 Å². The smallest absolute Gasteiger partial charge is 0.244 e. The number of rotatable bonds is 5. The van der Waals surface area contributed by atoms with Gasteiger partial charge in [-0.2, -0.15) is 48.3 Å². The summed E-state index contributed by atoms with van der Waals surface area (Å²) in [6.07, 6.45) is -16.7. The zero-order valence-electron chi connectivity index (χ0n) is 7.94. The lowest BCUT2D eigenvalue weighted by molar-refractivity contribution is -0.440. The van der Waals surface area contributed by atoms with Gasteiger partial charge < -0.3 is 0 Å². The van der Waals surface area contributed by atoms with Gasteiger partial charge in [-0.25, -0.2) is 4.74 Å². The molecule has 13 heteroatoms. The molecule has 0 fully saturated rings. The first kappa shape index (κ1) is 18.7. The Balaban J connectivity index is 5.46. The summed E-state index contributed by atoms with van der Waals surface area (Å²) in [5, 5.41) is 0. The third kappa shape index (κ3) is 3.82. The van der Waals surface area contributed by atoms with Gasteiger partial charge in [0.1, 0.15) is 0 Å². The fourth-order valence-electron chi connectivity index (χ4n) is 0.545. The van der Waals surface area contributed by atoms with Gasteiger partial charge in [-0.05, 0) is 0 Å². The van der Waals surface area contributed by atoms with E-state index in [0.29, 0.717) is 0 Å². The number of hydrogen-bond donors (Lipinski definition) is 0. The lowest BCUT2D eigenvalue weighted by atomic mass is 10.3. The summed E-state index contributed by atoms with van der Waals surface area (Å²) in [6, 6.07) is 0. The molecule has 0 atom stereocenters. The van der Waals surface area contributed by atoms with Crippen molar-refractivity contribution in [2.75, 3.05) is 0 Å². The predicted octanol–water partition coefficient (Wildman–Crippen LogP) is 4.93. The van der Waals surface area contributed by atoms with Crippen LogP contribution in [-0.4, -0.2) is 22.1 Å². The Morgan fingerprint density at radius 1 is 0.789 bits per heavy atom. The largest absolute Gasteiger partial charge is 0.431 e. The molecule has 0 aromatic heterocycles. The fourth-order valence-corrected chi connectivity index (χ4v) is 0.859. The topological polar surface area (TPSA) is 9.23 Å². The highest BCUT2D eigenvalue weighted by atomic mass is 127. The third-order valence-electron chi connectivity index (χ3n) is 1.40. The van der Waals surface area contributed by atoms with Crippen LogP contribution in [0, 0.1) is 0 Å². The highest BCUT2D eigenvalue weighted by Gasteiger charge is 2.74. The summed E-state index contributed by atoms with van der Waals surface area (Å²) < 4.78 is 130. The third-order valence-corrected chi connectivity index (χ3v) is 2.08. The summed E-state index contributed by atoms with van der Waals surface area (Å²) in [5.41, 5.74) is 0. The Hall–Kier alpha value is -0.340. The van der Waals surface area contributed by atoms with Crippen molar-refractivity contribution < 1.29 is 53.0 Å². The zero-order chi connectivity index (χ0) is 15.9. The maximum absolute atomic E-state index is 12.4. The molecular formula is C6F11IO. The van der Waals surface area contributed by atoms with E-state index >= 15 is 0 Å². The van der Waals surface area contributed by atoms with Crippen molar-refractivity contribution in [3.63, 3.8) is 0 Å². The van der Waals surface area contributed by atoms with E-state index in [4.69, 9.17) is 0 Å². The van der Waals surface area contributed by atoms with Crippen molar-refractivity contribution in [2.45, 2.75) is 22.1 Å². The summed E-state index contributed by atoms with van der Waals surface area (Å²) >= 11 is -0.515. The van der Waals surface area contributed by atoms with Gasteiger partial charge in [0, 0.05) is 22.6 Å². The molecule has 0 amide bonds. The molecule has 0 saturated carbocycles. The number of alkyl halides is 9. The predicted molar refractivity (Wildman–Crippen MR) is 45.2 cm³/mol. The van der Waals surface area contributed by atoms with Crippen LogP contribution in [-0.2, 0) is 4.74 Å². The molecule has 0 rings (SSSR count). The fraction of sp³-hybridized carbons (Fsp3) is 0.667. The van der Waals surface area contributed by atoms with Gasteiger partial charge in [0.25, 0.3) is 5.83 Å². The molecule has 0 heterocycles. The second-order valence-electron chi connectivity index (χ2n) is 2.78. The normalized spacial score (nSPS) is 14.5. The Bertz CT molecular complexity index is 366. The molecule has 0 aromatic carbocycles. The minimum Gasteiger partial charge on any atom is -0.244 e. The summed E-state index contributed by atoms with van der Waals surface area (Å²) in [7, 11) is 0. The van der Waals surface area contributed by atoms with E-state index in [2.05, 4.69) is 0 Å². The van der Waals surface area contributed by atoms with Crippen LogP contribution >= 0.6 is 22.6 Å². The number of ether oxygens (including phenoxy) is 1. The van der Waals surface area contributed by atoms with Gasteiger partial charge in [0.15, 0.2) is 0 Å². The second-order valence-corrected chi connectivity index (χ2v) is 4.14. The molecule has 0 N–H and O–H groups in total. The monoisotopic (exact) mass is 424 g/mol. The molecule has 0 aliphatic carbocycles. The van der Waals surface area contributed by atoms with Gasteiger partial charge >= 0.3 is 28.1 Å². The average Bonchev–Trinajstić information content (AvgIpc) is 2.12. The summed E-state index contributed by atoms with van der Waals surface area (Å²) in [5.74, 6) is -10.4. The Morgan fingerprint density at radius 2 is 1.16 bits per heavy atom. The van der Waals surface area contributed by atoms with E-state index in [1.165, 1.54) is 0 Å². The second kappa shape index (κ2) is 5.21. The molecule has 19 heavy (non-hydrogen) atoms. The van der Waals surface area contributed by atoms with E-state index in [9.17, 15) is 48.3 Å². The highest BCUT2D eigenvalue weighted by Crippen LogP contribution is 2.52. The molecule has 0 unspecified atom stereocenters. The zero-order valence-corrected chi connectivity index (χ0v) is 10.1. The molecule has 0 aliphatic heterocycles. The Morgan fingerprint density at radius 3 is 1.42 bits per heavy atom. The molecule has 0 bridgehead atoms. The van der Waals surface area contributed by atoms with Gasteiger partial charge in [0.2, 0.25) is 0 Å². The van der Waals surface area contributed by atoms with E-state index in [0.717, 1.165) is 0 Å². The minimum absolute atomic E-state index is 0.515. The van der Waals surface area contributed by atoms with Crippen LogP contribution in [0.4, 0.5) is 48.3 Å². The minimum atomic E-state index is -6.62.